The van der Waals surface area contributed by atoms with Gasteiger partial charge in [0.15, 0.2) is 11.0 Å². The van der Waals surface area contributed by atoms with Crippen molar-refractivity contribution in [3.63, 3.8) is 0 Å². The van der Waals surface area contributed by atoms with Gasteiger partial charge in [-0.1, -0.05) is 11.8 Å². The number of nitrogens with one attached hydrogen (secondary N) is 1. The molecule has 0 aliphatic heterocycles. The Morgan fingerprint density at radius 3 is 2.48 bits per heavy atom. The van der Waals surface area contributed by atoms with Crippen molar-refractivity contribution in [2.45, 2.75) is 17.3 Å². The van der Waals surface area contributed by atoms with Gasteiger partial charge in [-0.2, -0.15) is 5.26 Å². The summed E-state index contributed by atoms with van der Waals surface area (Å²) in [6, 6.07) is 14.7. The summed E-state index contributed by atoms with van der Waals surface area (Å²) >= 11 is 1.27. The van der Waals surface area contributed by atoms with Crippen LogP contribution in [-0.4, -0.2) is 25.9 Å². The minimum Gasteiger partial charge on any atom is -0.325 e. The van der Waals surface area contributed by atoms with Crippen LogP contribution in [0.3, 0.4) is 0 Å². The Bertz CT molecular complexity index is 992. The lowest BCUT2D eigenvalue weighted by Crippen LogP contribution is -2.22. The van der Waals surface area contributed by atoms with Crippen molar-refractivity contribution < 1.29 is 9.18 Å². The summed E-state index contributed by atoms with van der Waals surface area (Å²) in [5.41, 5.74) is 1.90. The number of hydrogen-bond donors (Lipinski definition) is 1. The number of hydrogen-bond acceptors (Lipinski definition) is 5. The Balaban J connectivity index is 1.68. The zero-order valence-corrected chi connectivity index (χ0v) is 15.5. The van der Waals surface area contributed by atoms with E-state index >= 15 is 0 Å². The number of benzene rings is 2. The van der Waals surface area contributed by atoms with Crippen LogP contribution in [0.5, 0.6) is 0 Å². The van der Waals surface area contributed by atoms with Crippen molar-refractivity contribution in [2.75, 3.05) is 5.32 Å². The van der Waals surface area contributed by atoms with Crippen LogP contribution in [0.2, 0.25) is 0 Å². The third-order valence-corrected chi connectivity index (χ3v) is 5.00. The number of carbonyl (C=O) groups excluding carboxylic acids is 1. The molecule has 0 saturated carbocycles. The van der Waals surface area contributed by atoms with E-state index in [4.69, 9.17) is 5.26 Å². The van der Waals surface area contributed by atoms with E-state index in [1.54, 1.807) is 54.9 Å². The molecule has 0 aliphatic carbocycles. The molecule has 8 heteroatoms. The highest BCUT2D eigenvalue weighted by Gasteiger charge is 2.19. The van der Waals surface area contributed by atoms with E-state index in [1.165, 1.54) is 23.9 Å². The summed E-state index contributed by atoms with van der Waals surface area (Å²) in [6.07, 6.45) is 0. The lowest BCUT2D eigenvalue weighted by molar-refractivity contribution is -0.115. The predicted octanol–water partition coefficient (Wildman–Crippen LogP) is 3.61. The summed E-state index contributed by atoms with van der Waals surface area (Å²) in [4.78, 5) is 12.4. The molecule has 0 saturated heterocycles. The zero-order valence-electron chi connectivity index (χ0n) is 14.7. The summed E-state index contributed by atoms with van der Waals surface area (Å²) in [5.74, 6) is 0.0943. The molecule has 27 heavy (non-hydrogen) atoms. The Hall–Kier alpha value is -3.18. The van der Waals surface area contributed by atoms with Crippen LogP contribution in [0.1, 0.15) is 12.5 Å². The van der Waals surface area contributed by atoms with E-state index < -0.39 is 5.25 Å². The van der Waals surface area contributed by atoms with Gasteiger partial charge >= 0.3 is 0 Å². The Morgan fingerprint density at radius 2 is 1.85 bits per heavy atom. The molecule has 0 radical (unpaired) electrons. The summed E-state index contributed by atoms with van der Waals surface area (Å²) < 4.78 is 14.9. The van der Waals surface area contributed by atoms with Crippen molar-refractivity contribution in [3.8, 4) is 17.5 Å². The molecule has 1 amide bonds. The highest BCUT2D eigenvalue weighted by molar-refractivity contribution is 8.00. The van der Waals surface area contributed by atoms with Gasteiger partial charge in [0.2, 0.25) is 5.91 Å². The summed E-state index contributed by atoms with van der Waals surface area (Å²) in [6.45, 7) is 1.77. The van der Waals surface area contributed by atoms with Crippen LogP contribution in [0.15, 0.2) is 53.7 Å². The van der Waals surface area contributed by atoms with Crippen LogP contribution in [-0.2, 0) is 11.8 Å². The fourth-order valence-electron chi connectivity index (χ4n) is 2.35. The van der Waals surface area contributed by atoms with Crippen molar-refractivity contribution >= 4 is 23.4 Å². The van der Waals surface area contributed by atoms with Gasteiger partial charge in [-0.25, -0.2) is 4.39 Å². The predicted molar refractivity (Wildman–Crippen MR) is 102 cm³/mol. The molecule has 0 aliphatic rings. The lowest BCUT2D eigenvalue weighted by atomic mass is 10.2. The van der Waals surface area contributed by atoms with Crippen LogP contribution >= 0.6 is 11.8 Å². The maximum Gasteiger partial charge on any atom is 0.237 e. The average Bonchev–Trinajstić information content (AvgIpc) is 3.03. The van der Waals surface area contributed by atoms with Crippen molar-refractivity contribution in [1.82, 2.24) is 14.8 Å². The quantitative estimate of drug-likeness (QED) is 0.683. The second-order valence-corrected chi connectivity index (χ2v) is 7.12. The molecule has 6 nitrogen and oxygen atoms in total. The number of halogens is 1. The molecular weight excluding hydrogens is 365 g/mol. The number of thioether (sulfide) groups is 1. The Morgan fingerprint density at radius 1 is 1.19 bits per heavy atom. The molecule has 136 valence electrons. The molecule has 1 atom stereocenters. The molecule has 0 bridgehead atoms. The van der Waals surface area contributed by atoms with Gasteiger partial charge in [0.1, 0.15) is 5.82 Å². The molecule has 0 unspecified atom stereocenters. The monoisotopic (exact) mass is 381 g/mol. The Kier molecular flexibility index (Phi) is 5.52. The molecule has 1 heterocycles. The fraction of sp³-hybridized carbons (Fsp3) is 0.158. The molecule has 1 aromatic heterocycles. The first-order chi connectivity index (χ1) is 13.0. The third kappa shape index (κ3) is 4.33. The standard InChI is InChI=1S/C19H16FN5OS/c1-12(18(26)22-16-9-3-13(11-21)4-10-16)27-19-24-23-17(25(19)2)14-5-7-15(20)8-6-14/h3-10,12H,1-2H3,(H,22,26)/t12-/m1/s1. The summed E-state index contributed by atoms with van der Waals surface area (Å²) in [5, 5.41) is 20.1. The minimum absolute atomic E-state index is 0.184. The van der Waals surface area contributed by atoms with Crippen molar-refractivity contribution in [1.29, 1.82) is 5.26 Å². The molecule has 2 aromatic carbocycles. The number of carbonyl (C=O) groups is 1. The van der Waals surface area contributed by atoms with Gasteiger partial charge in [0.05, 0.1) is 16.9 Å². The third-order valence-electron chi connectivity index (χ3n) is 3.87. The first-order valence-corrected chi connectivity index (χ1v) is 8.99. The van der Waals surface area contributed by atoms with Crippen LogP contribution in [0, 0.1) is 17.1 Å². The van der Waals surface area contributed by atoms with Gasteiger partial charge in [0, 0.05) is 18.3 Å². The maximum atomic E-state index is 13.1. The van der Waals surface area contributed by atoms with E-state index in [-0.39, 0.29) is 11.7 Å². The van der Waals surface area contributed by atoms with E-state index in [9.17, 15) is 9.18 Å². The first-order valence-electron chi connectivity index (χ1n) is 8.11. The minimum atomic E-state index is -0.412. The van der Waals surface area contributed by atoms with Gasteiger partial charge in [0.25, 0.3) is 0 Å². The van der Waals surface area contributed by atoms with E-state index in [0.717, 1.165) is 5.56 Å². The van der Waals surface area contributed by atoms with E-state index in [0.29, 0.717) is 22.2 Å². The maximum absolute atomic E-state index is 13.1. The van der Waals surface area contributed by atoms with Gasteiger partial charge in [-0.3, -0.25) is 4.79 Å². The van der Waals surface area contributed by atoms with Crippen LogP contribution in [0.25, 0.3) is 11.4 Å². The molecule has 3 aromatic rings. The smallest absolute Gasteiger partial charge is 0.237 e. The number of nitriles is 1. The van der Waals surface area contributed by atoms with Crippen molar-refractivity contribution in [2.24, 2.45) is 7.05 Å². The molecule has 1 N–H and O–H groups in total. The number of rotatable bonds is 5. The normalized spacial score (nSPS) is 11.6. The number of amides is 1. The summed E-state index contributed by atoms with van der Waals surface area (Å²) in [7, 11) is 1.80. The zero-order chi connectivity index (χ0) is 19.4. The van der Waals surface area contributed by atoms with Crippen LogP contribution in [0.4, 0.5) is 10.1 Å². The molecule has 0 fully saturated rings. The van der Waals surface area contributed by atoms with Crippen molar-refractivity contribution in [3.05, 3.63) is 59.9 Å². The second kappa shape index (κ2) is 8.01. The number of nitrogens with zero attached hydrogens (tertiary/aromatic N) is 4. The molecular formula is C19H16FN5OS. The SMILES string of the molecule is C[C@@H](Sc1nnc(-c2ccc(F)cc2)n1C)C(=O)Nc1ccc(C#N)cc1. The second-order valence-electron chi connectivity index (χ2n) is 5.81. The fourth-order valence-corrected chi connectivity index (χ4v) is 3.17. The van der Waals surface area contributed by atoms with Gasteiger partial charge < -0.3 is 9.88 Å². The van der Waals surface area contributed by atoms with E-state index in [1.807, 2.05) is 6.07 Å². The Labute approximate surface area is 160 Å². The lowest BCUT2D eigenvalue weighted by Gasteiger charge is -2.11. The largest absolute Gasteiger partial charge is 0.325 e. The van der Waals surface area contributed by atoms with Crippen LogP contribution < -0.4 is 5.32 Å². The molecule has 0 spiro atoms. The average molecular weight is 381 g/mol. The van der Waals surface area contributed by atoms with Gasteiger partial charge in [-0.05, 0) is 55.5 Å². The first kappa shape index (κ1) is 18.6. The number of aromatic nitrogens is 3. The highest BCUT2D eigenvalue weighted by Crippen LogP contribution is 2.26. The highest BCUT2D eigenvalue weighted by atomic mass is 32.2. The molecule has 3 rings (SSSR count). The van der Waals surface area contributed by atoms with Gasteiger partial charge in [-0.15, -0.1) is 10.2 Å². The number of anilines is 1. The topological polar surface area (TPSA) is 83.6 Å². The van der Waals surface area contributed by atoms with E-state index in [2.05, 4.69) is 15.5 Å².